The van der Waals surface area contributed by atoms with Gasteiger partial charge in [-0.25, -0.2) is 0 Å². The molecular formula is C12H24N2O. The molecule has 0 spiro atoms. The predicted molar refractivity (Wildman–Crippen MR) is 62.7 cm³/mol. The van der Waals surface area contributed by atoms with E-state index in [0.29, 0.717) is 11.5 Å². The van der Waals surface area contributed by atoms with Gasteiger partial charge in [0, 0.05) is 25.6 Å². The normalized spacial score (nSPS) is 23.1. The minimum Gasteiger partial charge on any atom is -0.356 e. The van der Waals surface area contributed by atoms with Gasteiger partial charge in [-0.15, -0.1) is 0 Å². The van der Waals surface area contributed by atoms with Crippen LogP contribution in [0.1, 0.15) is 40.5 Å². The van der Waals surface area contributed by atoms with Crippen molar-refractivity contribution in [2.24, 2.45) is 5.92 Å². The maximum Gasteiger partial charge on any atom is 0.216 e. The Morgan fingerprint density at radius 1 is 1.53 bits per heavy atom. The van der Waals surface area contributed by atoms with E-state index in [4.69, 9.17) is 0 Å². The van der Waals surface area contributed by atoms with Crippen LogP contribution in [0.4, 0.5) is 0 Å². The van der Waals surface area contributed by atoms with E-state index >= 15 is 0 Å². The zero-order valence-electron chi connectivity index (χ0n) is 10.5. The van der Waals surface area contributed by atoms with E-state index in [1.54, 1.807) is 6.92 Å². The molecule has 1 unspecified atom stereocenters. The van der Waals surface area contributed by atoms with Crippen LogP contribution in [-0.4, -0.2) is 36.0 Å². The molecule has 15 heavy (non-hydrogen) atoms. The second kappa shape index (κ2) is 4.97. The first-order valence-electron chi connectivity index (χ1n) is 5.95. The second-order valence-corrected chi connectivity index (χ2v) is 5.20. The van der Waals surface area contributed by atoms with Crippen molar-refractivity contribution in [2.45, 2.75) is 46.1 Å². The van der Waals surface area contributed by atoms with Crippen LogP contribution in [0.2, 0.25) is 0 Å². The molecule has 0 saturated carbocycles. The largest absolute Gasteiger partial charge is 0.356 e. The van der Waals surface area contributed by atoms with E-state index < -0.39 is 0 Å². The van der Waals surface area contributed by atoms with Crippen LogP contribution >= 0.6 is 0 Å². The molecule has 0 radical (unpaired) electrons. The SMILES string of the molecule is CCC(C)(C)N1CCC(CNC(C)=O)C1. The molecule has 1 amide bonds. The van der Waals surface area contributed by atoms with E-state index in [9.17, 15) is 4.79 Å². The first kappa shape index (κ1) is 12.5. The third kappa shape index (κ3) is 3.49. The Hall–Kier alpha value is -0.570. The van der Waals surface area contributed by atoms with Gasteiger partial charge in [0.1, 0.15) is 0 Å². The lowest BCUT2D eigenvalue weighted by Crippen LogP contribution is -2.42. The Morgan fingerprint density at radius 3 is 2.73 bits per heavy atom. The van der Waals surface area contributed by atoms with Crippen molar-refractivity contribution in [2.75, 3.05) is 19.6 Å². The van der Waals surface area contributed by atoms with E-state index in [-0.39, 0.29) is 5.91 Å². The fraction of sp³-hybridized carbons (Fsp3) is 0.917. The lowest BCUT2D eigenvalue weighted by Gasteiger charge is -2.34. The third-order valence-electron chi connectivity index (χ3n) is 3.65. The number of nitrogens with zero attached hydrogens (tertiary/aromatic N) is 1. The van der Waals surface area contributed by atoms with E-state index in [0.717, 1.165) is 13.1 Å². The minimum atomic E-state index is 0.0863. The summed E-state index contributed by atoms with van der Waals surface area (Å²) in [5.74, 6) is 0.725. The number of hydrogen-bond acceptors (Lipinski definition) is 2. The van der Waals surface area contributed by atoms with Crippen LogP contribution in [-0.2, 0) is 4.79 Å². The Bertz CT molecular complexity index is 226. The molecule has 1 fully saturated rings. The first-order valence-corrected chi connectivity index (χ1v) is 5.95. The zero-order valence-corrected chi connectivity index (χ0v) is 10.5. The molecule has 1 rings (SSSR count). The lowest BCUT2D eigenvalue weighted by atomic mass is 10.00. The lowest BCUT2D eigenvalue weighted by molar-refractivity contribution is -0.119. The molecular weight excluding hydrogens is 188 g/mol. The maximum atomic E-state index is 10.8. The fourth-order valence-corrected chi connectivity index (χ4v) is 2.06. The molecule has 0 aliphatic carbocycles. The van der Waals surface area contributed by atoms with Crippen molar-refractivity contribution in [3.8, 4) is 0 Å². The fourth-order valence-electron chi connectivity index (χ4n) is 2.06. The molecule has 1 N–H and O–H groups in total. The molecule has 3 nitrogen and oxygen atoms in total. The molecule has 1 saturated heterocycles. The number of nitrogens with one attached hydrogen (secondary N) is 1. The second-order valence-electron chi connectivity index (χ2n) is 5.20. The summed E-state index contributed by atoms with van der Waals surface area (Å²) in [5.41, 5.74) is 0.310. The molecule has 1 aliphatic heterocycles. The number of carbonyl (C=O) groups excluding carboxylic acids is 1. The summed E-state index contributed by atoms with van der Waals surface area (Å²) in [7, 11) is 0. The summed E-state index contributed by atoms with van der Waals surface area (Å²) in [6, 6.07) is 0. The first-order chi connectivity index (χ1) is 6.95. The molecule has 1 aliphatic rings. The zero-order chi connectivity index (χ0) is 11.5. The smallest absolute Gasteiger partial charge is 0.216 e. The number of hydrogen-bond donors (Lipinski definition) is 1. The summed E-state index contributed by atoms with van der Waals surface area (Å²) in [6.07, 6.45) is 2.39. The molecule has 0 aromatic heterocycles. The molecule has 1 heterocycles. The van der Waals surface area contributed by atoms with Crippen LogP contribution in [0.3, 0.4) is 0 Å². The van der Waals surface area contributed by atoms with Gasteiger partial charge in [-0.1, -0.05) is 6.92 Å². The van der Waals surface area contributed by atoms with Gasteiger partial charge in [-0.2, -0.15) is 0 Å². The van der Waals surface area contributed by atoms with Gasteiger partial charge in [0.25, 0.3) is 0 Å². The summed E-state index contributed by atoms with van der Waals surface area (Å²) in [5, 5.41) is 2.91. The highest BCUT2D eigenvalue weighted by Gasteiger charge is 2.31. The highest BCUT2D eigenvalue weighted by Crippen LogP contribution is 2.26. The summed E-state index contributed by atoms with van der Waals surface area (Å²) in [4.78, 5) is 13.4. The average molecular weight is 212 g/mol. The van der Waals surface area contributed by atoms with Crippen molar-refractivity contribution in [1.82, 2.24) is 10.2 Å². The van der Waals surface area contributed by atoms with Crippen LogP contribution in [0, 0.1) is 5.92 Å². The van der Waals surface area contributed by atoms with Gasteiger partial charge in [-0.05, 0) is 39.2 Å². The van der Waals surface area contributed by atoms with E-state index in [1.165, 1.54) is 19.4 Å². The molecule has 0 bridgehead atoms. The highest BCUT2D eigenvalue weighted by molar-refractivity contribution is 5.72. The molecule has 88 valence electrons. The standard InChI is InChI=1S/C12H24N2O/c1-5-12(3,4)14-7-6-11(9-14)8-13-10(2)15/h11H,5-9H2,1-4H3,(H,13,15). The number of amides is 1. The third-order valence-corrected chi connectivity index (χ3v) is 3.65. The number of likely N-dealkylation sites (tertiary alicyclic amines) is 1. The number of carbonyl (C=O) groups is 1. The highest BCUT2D eigenvalue weighted by atomic mass is 16.1. The summed E-state index contributed by atoms with van der Waals surface area (Å²) < 4.78 is 0. The Morgan fingerprint density at radius 2 is 2.20 bits per heavy atom. The molecule has 0 aromatic rings. The van der Waals surface area contributed by atoms with Crippen molar-refractivity contribution in [3.63, 3.8) is 0 Å². The summed E-state index contributed by atoms with van der Waals surface area (Å²) >= 11 is 0. The van der Waals surface area contributed by atoms with Gasteiger partial charge >= 0.3 is 0 Å². The minimum absolute atomic E-state index is 0.0863. The monoisotopic (exact) mass is 212 g/mol. The quantitative estimate of drug-likeness (QED) is 0.768. The van der Waals surface area contributed by atoms with Gasteiger partial charge < -0.3 is 5.32 Å². The van der Waals surface area contributed by atoms with Crippen LogP contribution < -0.4 is 5.32 Å². The van der Waals surface area contributed by atoms with Crippen LogP contribution in [0.5, 0.6) is 0 Å². The van der Waals surface area contributed by atoms with Gasteiger partial charge in [-0.3, -0.25) is 9.69 Å². The Balaban J connectivity index is 2.35. The Kier molecular flexibility index (Phi) is 4.14. The van der Waals surface area contributed by atoms with Crippen molar-refractivity contribution < 1.29 is 4.79 Å². The molecule has 0 aromatic carbocycles. The number of rotatable bonds is 4. The average Bonchev–Trinajstić information content (AvgIpc) is 2.63. The molecule has 1 atom stereocenters. The summed E-state index contributed by atoms with van der Waals surface area (Å²) in [6.45, 7) is 11.6. The van der Waals surface area contributed by atoms with Crippen molar-refractivity contribution in [3.05, 3.63) is 0 Å². The van der Waals surface area contributed by atoms with E-state index in [1.807, 2.05) is 0 Å². The predicted octanol–water partition coefficient (Wildman–Crippen LogP) is 1.63. The van der Waals surface area contributed by atoms with Crippen LogP contribution in [0.25, 0.3) is 0 Å². The maximum absolute atomic E-state index is 10.8. The van der Waals surface area contributed by atoms with E-state index in [2.05, 4.69) is 31.0 Å². The van der Waals surface area contributed by atoms with Crippen molar-refractivity contribution in [1.29, 1.82) is 0 Å². The van der Waals surface area contributed by atoms with Gasteiger partial charge in [0.2, 0.25) is 5.91 Å². The topological polar surface area (TPSA) is 32.3 Å². The van der Waals surface area contributed by atoms with Crippen molar-refractivity contribution >= 4 is 5.91 Å². The van der Waals surface area contributed by atoms with Gasteiger partial charge in [0.05, 0.1) is 0 Å². The van der Waals surface area contributed by atoms with Gasteiger partial charge in [0.15, 0.2) is 0 Å². The Labute approximate surface area is 93.2 Å². The van der Waals surface area contributed by atoms with Crippen LogP contribution in [0.15, 0.2) is 0 Å². The molecule has 3 heteroatoms.